The minimum absolute atomic E-state index is 0.0415. The Kier molecular flexibility index (Phi) is 4.60. The number of rotatable bonds is 5. The number of hydrogen-bond donors (Lipinski definition) is 0. The fraction of sp³-hybridized carbons (Fsp3) is 0.312. The molecule has 0 N–H and O–H groups in total. The van der Waals surface area contributed by atoms with Gasteiger partial charge in [-0.05, 0) is 23.6 Å². The summed E-state index contributed by atoms with van der Waals surface area (Å²) in [6, 6.07) is 9.54. The molecule has 22 heavy (non-hydrogen) atoms. The molecule has 0 fully saturated rings. The molecular weight excluding hydrogens is 302 g/mol. The van der Waals surface area contributed by atoms with Gasteiger partial charge in [0.2, 0.25) is 0 Å². The number of ether oxygens (including phenoxy) is 3. The van der Waals surface area contributed by atoms with E-state index < -0.39 is 0 Å². The van der Waals surface area contributed by atoms with Crippen LogP contribution >= 0.6 is 11.3 Å². The van der Waals surface area contributed by atoms with Gasteiger partial charge in [-0.25, -0.2) is 0 Å². The van der Waals surface area contributed by atoms with Gasteiger partial charge in [-0.2, -0.15) is 0 Å². The van der Waals surface area contributed by atoms with Crippen molar-refractivity contribution in [1.29, 1.82) is 0 Å². The van der Waals surface area contributed by atoms with E-state index in [-0.39, 0.29) is 12.5 Å². The Labute approximate surface area is 133 Å². The number of hydrogen-bond acceptors (Lipinski definition) is 5. The lowest BCUT2D eigenvalue weighted by Crippen LogP contribution is -2.33. The minimum atomic E-state index is -0.0902. The molecule has 1 aromatic heterocycles. The number of methoxy groups -OCH3 is 1. The van der Waals surface area contributed by atoms with E-state index in [4.69, 9.17) is 14.2 Å². The summed E-state index contributed by atoms with van der Waals surface area (Å²) in [5, 5.41) is 2.00. The van der Waals surface area contributed by atoms with Gasteiger partial charge in [-0.15, -0.1) is 11.3 Å². The molecular formula is C16H17NO4S. The number of anilines is 1. The van der Waals surface area contributed by atoms with Crippen LogP contribution in [0.2, 0.25) is 0 Å². The van der Waals surface area contributed by atoms with Crippen LogP contribution in [0, 0.1) is 0 Å². The largest absolute Gasteiger partial charge is 0.486 e. The number of nitrogens with zero attached hydrogens (tertiary/aromatic N) is 1. The van der Waals surface area contributed by atoms with Crippen molar-refractivity contribution < 1.29 is 19.0 Å². The second-order valence-corrected chi connectivity index (χ2v) is 5.85. The summed E-state index contributed by atoms with van der Waals surface area (Å²) in [6.45, 7) is 1.63. The molecule has 1 aliphatic heterocycles. The third-order valence-corrected chi connectivity index (χ3v) is 4.16. The van der Waals surface area contributed by atoms with Crippen molar-refractivity contribution >= 4 is 22.9 Å². The smallest absolute Gasteiger partial charge is 0.253 e. The van der Waals surface area contributed by atoms with Crippen LogP contribution in [0.15, 0.2) is 35.7 Å². The molecule has 1 aliphatic rings. The average molecular weight is 319 g/mol. The monoisotopic (exact) mass is 319 g/mol. The molecule has 2 heterocycles. The Bertz CT molecular complexity index is 642. The Morgan fingerprint density at radius 3 is 2.82 bits per heavy atom. The number of fused-ring (bicyclic) bond motifs is 1. The normalized spacial score (nSPS) is 13.0. The first kappa shape index (κ1) is 14.9. The maximum absolute atomic E-state index is 12.4. The van der Waals surface area contributed by atoms with E-state index >= 15 is 0 Å². The Morgan fingerprint density at radius 2 is 2.09 bits per heavy atom. The molecule has 5 nitrogen and oxygen atoms in total. The molecule has 3 rings (SSSR count). The molecule has 1 amide bonds. The van der Waals surface area contributed by atoms with Crippen LogP contribution in [-0.2, 0) is 16.1 Å². The predicted molar refractivity (Wildman–Crippen MR) is 84.8 cm³/mol. The lowest BCUT2D eigenvalue weighted by Gasteiger charge is -2.25. The third kappa shape index (κ3) is 3.23. The van der Waals surface area contributed by atoms with Gasteiger partial charge in [0.25, 0.3) is 5.91 Å². The van der Waals surface area contributed by atoms with Crippen LogP contribution in [0.5, 0.6) is 11.5 Å². The summed E-state index contributed by atoms with van der Waals surface area (Å²) in [5.41, 5.74) is 0.778. The van der Waals surface area contributed by atoms with Gasteiger partial charge in [0, 0.05) is 23.7 Å². The summed E-state index contributed by atoms with van der Waals surface area (Å²) >= 11 is 1.62. The van der Waals surface area contributed by atoms with Crippen LogP contribution in [0.4, 0.5) is 5.69 Å². The molecule has 0 aliphatic carbocycles. The van der Waals surface area contributed by atoms with E-state index in [0.29, 0.717) is 31.3 Å². The number of benzene rings is 1. The molecule has 0 bridgehead atoms. The van der Waals surface area contributed by atoms with E-state index in [9.17, 15) is 4.79 Å². The van der Waals surface area contributed by atoms with Crippen molar-refractivity contribution in [3.8, 4) is 11.5 Å². The van der Waals surface area contributed by atoms with Crippen molar-refractivity contribution in [2.75, 3.05) is 31.8 Å². The van der Waals surface area contributed by atoms with Crippen LogP contribution in [0.1, 0.15) is 4.88 Å². The van der Waals surface area contributed by atoms with Gasteiger partial charge >= 0.3 is 0 Å². The summed E-state index contributed by atoms with van der Waals surface area (Å²) in [4.78, 5) is 15.2. The van der Waals surface area contributed by atoms with Gasteiger partial charge in [-0.1, -0.05) is 6.07 Å². The summed E-state index contributed by atoms with van der Waals surface area (Å²) < 4.78 is 16.1. The highest BCUT2D eigenvalue weighted by molar-refractivity contribution is 7.09. The number of carbonyl (C=O) groups is 1. The van der Waals surface area contributed by atoms with Crippen LogP contribution in [0.25, 0.3) is 0 Å². The quantitative estimate of drug-likeness (QED) is 0.850. The first-order valence-corrected chi connectivity index (χ1v) is 7.87. The maximum Gasteiger partial charge on any atom is 0.253 e. The molecule has 0 saturated carbocycles. The van der Waals surface area contributed by atoms with Crippen LogP contribution < -0.4 is 14.4 Å². The topological polar surface area (TPSA) is 48.0 Å². The van der Waals surface area contributed by atoms with Gasteiger partial charge < -0.3 is 19.1 Å². The van der Waals surface area contributed by atoms with E-state index in [1.54, 1.807) is 16.2 Å². The van der Waals surface area contributed by atoms with Crippen molar-refractivity contribution in [3.63, 3.8) is 0 Å². The second-order valence-electron chi connectivity index (χ2n) is 4.82. The molecule has 0 spiro atoms. The zero-order valence-electron chi connectivity index (χ0n) is 12.3. The highest BCUT2D eigenvalue weighted by atomic mass is 32.1. The van der Waals surface area contributed by atoms with Crippen LogP contribution in [-0.4, -0.2) is 32.8 Å². The fourth-order valence-electron chi connectivity index (χ4n) is 2.28. The van der Waals surface area contributed by atoms with Gasteiger partial charge in [0.05, 0.1) is 6.54 Å². The average Bonchev–Trinajstić information content (AvgIpc) is 3.05. The standard InChI is InChI=1S/C16H17NO4S/c1-19-11-16(18)17(10-13-3-2-8-22-13)12-4-5-14-15(9-12)21-7-6-20-14/h2-5,8-9H,6-7,10-11H2,1H3. The molecule has 0 atom stereocenters. The highest BCUT2D eigenvalue weighted by Gasteiger charge is 2.20. The molecule has 116 valence electrons. The Balaban J connectivity index is 1.89. The predicted octanol–water partition coefficient (Wildman–Crippen LogP) is 2.70. The Hall–Kier alpha value is -2.05. The summed E-state index contributed by atoms with van der Waals surface area (Å²) in [6.07, 6.45) is 0. The van der Waals surface area contributed by atoms with Crippen molar-refractivity contribution in [2.24, 2.45) is 0 Å². The first-order valence-electron chi connectivity index (χ1n) is 6.99. The molecule has 6 heteroatoms. The molecule has 0 unspecified atom stereocenters. The molecule has 1 aromatic carbocycles. The third-order valence-electron chi connectivity index (χ3n) is 3.30. The molecule has 2 aromatic rings. The highest BCUT2D eigenvalue weighted by Crippen LogP contribution is 2.34. The van der Waals surface area contributed by atoms with Crippen molar-refractivity contribution in [3.05, 3.63) is 40.6 Å². The number of amides is 1. The van der Waals surface area contributed by atoms with Gasteiger partial charge in [0.15, 0.2) is 11.5 Å². The van der Waals surface area contributed by atoms with Gasteiger partial charge in [0.1, 0.15) is 19.8 Å². The van der Waals surface area contributed by atoms with E-state index in [0.717, 1.165) is 10.6 Å². The SMILES string of the molecule is COCC(=O)N(Cc1cccs1)c1ccc2c(c1)OCCO2. The van der Waals surface area contributed by atoms with Gasteiger partial charge in [-0.3, -0.25) is 4.79 Å². The zero-order chi connectivity index (χ0) is 15.4. The number of thiophene rings is 1. The first-order chi connectivity index (χ1) is 10.8. The zero-order valence-corrected chi connectivity index (χ0v) is 13.1. The second kappa shape index (κ2) is 6.81. The molecule has 0 radical (unpaired) electrons. The summed E-state index contributed by atoms with van der Waals surface area (Å²) in [7, 11) is 1.52. The lowest BCUT2D eigenvalue weighted by atomic mass is 10.2. The van der Waals surface area contributed by atoms with E-state index in [1.807, 2.05) is 35.7 Å². The lowest BCUT2D eigenvalue weighted by molar-refractivity contribution is -0.122. The summed E-state index contributed by atoms with van der Waals surface area (Å²) in [5.74, 6) is 1.29. The Morgan fingerprint density at radius 1 is 1.27 bits per heavy atom. The minimum Gasteiger partial charge on any atom is -0.486 e. The van der Waals surface area contributed by atoms with E-state index in [2.05, 4.69) is 0 Å². The maximum atomic E-state index is 12.4. The van der Waals surface area contributed by atoms with Crippen LogP contribution in [0.3, 0.4) is 0 Å². The van der Waals surface area contributed by atoms with Crippen molar-refractivity contribution in [2.45, 2.75) is 6.54 Å². The number of carbonyl (C=O) groups excluding carboxylic acids is 1. The fourth-order valence-corrected chi connectivity index (χ4v) is 2.98. The van der Waals surface area contributed by atoms with E-state index in [1.165, 1.54) is 7.11 Å². The molecule has 0 saturated heterocycles. The van der Waals surface area contributed by atoms with Crippen molar-refractivity contribution in [1.82, 2.24) is 0 Å².